The summed E-state index contributed by atoms with van der Waals surface area (Å²) in [7, 11) is 0. The summed E-state index contributed by atoms with van der Waals surface area (Å²) in [4.78, 5) is 16.5. The van der Waals surface area contributed by atoms with E-state index in [4.69, 9.17) is 23.2 Å². The van der Waals surface area contributed by atoms with E-state index in [1.807, 2.05) is 19.9 Å². The molecule has 1 aromatic carbocycles. The molecule has 2 aromatic rings. The van der Waals surface area contributed by atoms with Crippen LogP contribution in [0.1, 0.15) is 24.2 Å². The van der Waals surface area contributed by atoms with Crippen LogP contribution < -0.4 is 0 Å². The molecule has 0 atom stereocenters. The van der Waals surface area contributed by atoms with Crippen molar-refractivity contribution in [2.75, 3.05) is 0 Å². The zero-order valence-corrected chi connectivity index (χ0v) is 12.6. The first kappa shape index (κ1) is 14.8. The molecule has 1 aromatic heterocycles. The number of aromatic nitrogens is 3. The molecule has 0 saturated carbocycles. The number of benzene rings is 1. The molecule has 0 aliphatic heterocycles. The van der Waals surface area contributed by atoms with E-state index in [1.165, 1.54) is 17.3 Å². The Morgan fingerprint density at radius 2 is 2.10 bits per heavy atom. The van der Waals surface area contributed by atoms with Crippen molar-refractivity contribution in [3.8, 4) is 0 Å². The highest BCUT2D eigenvalue weighted by molar-refractivity contribution is 6.39. The second-order valence-electron chi connectivity index (χ2n) is 4.59. The Morgan fingerprint density at radius 3 is 2.65 bits per heavy atom. The Morgan fingerprint density at radius 1 is 1.35 bits per heavy atom. The lowest BCUT2D eigenvalue weighted by atomic mass is 10.1. The summed E-state index contributed by atoms with van der Waals surface area (Å²) in [5.74, 6) is -0.0323. The maximum atomic E-state index is 12.6. The van der Waals surface area contributed by atoms with Gasteiger partial charge in [0.05, 0.1) is 5.02 Å². The smallest absolute Gasteiger partial charge is 0.212 e. The van der Waals surface area contributed by atoms with Gasteiger partial charge in [0.25, 0.3) is 0 Å². The van der Waals surface area contributed by atoms with Crippen molar-refractivity contribution in [3.05, 3.63) is 52.5 Å². The van der Waals surface area contributed by atoms with Gasteiger partial charge in [0.15, 0.2) is 0 Å². The van der Waals surface area contributed by atoms with Gasteiger partial charge >= 0.3 is 0 Å². The number of rotatable bonds is 4. The van der Waals surface area contributed by atoms with E-state index in [9.17, 15) is 4.79 Å². The second-order valence-corrected chi connectivity index (χ2v) is 5.43. The second kappa shape index (κ2) is 6.20. The van der Waals surface area contributed by atoms with Gasteiger partial charge in [0, 0.05) is 10.6 Å². The fourth-order valence-corrected chi connectivity index (χ4v) is 2.21. The molecule has 0 N–H and O–H groups in total. The average molecular weight is 310 g/mol. The largest absolute Gasteiger partial charge is 0.287 e. The number of hydrogen-bond donors (Lipinski definition) is 0. The number of carbonyl (C=O) groups excluding carboxylic acids is 1. The van der Waals surface area contributed by atoms with Crippen molar-refractivity contribution in [2.45, 2.75) is 13.8 Å². The van der Waals surface area contributed by atoms with Crippen molar-refractivity contribution in [1.82, 2.24) is 14.8 Å². The third kappa shape index (κ3) is 3.26. The number of halogens is 2. The van der Waals surface area contributed by atoms with Gasteiger partial charge in [-0.3, -0.25) is 4.79 Å². The summed E-state index contributed by atoms with van der Waals surface area (Å²) in [6.45, 7) is 3.96. The molecule has 2 rings (SSSR count). The topological polar surface area (TPSA) is 47.8 Å². The van der Waals surface area contributed by atoms with Crippen LogP contribution >= 0.6 is 23.2 Å². The Balaban J connectivity index is 2.47. The van der Waals surface area contributed by atoms with E-state index in [2.05, 4.69) is 10.1 Å². The van der Waals surface area contributed by atoms with Crippen molar-refractivity contribution in [2.24, 2.45) is 5.92 Å². The van der Waals surface area contributed by atoms with Crippen molar-refractivity contribution >= 4 is 34.7 Å². The minimum atomic E-state index is -0.217. The molecule has 0 saturated heterocycles. The van der Waals surface area contributed by atoms with E-state index < -0.39 is 0 Å². The highest BCUT2D eigenvalue weighted by atomic mass is 35.5. The van der Waals surface area contributed by atoms with E-state index in [0.29, 0.717) is 21.3 Å². The van der Waals surface area contributed by atoms with Crippen LogP contribution in [0.3, 0.4) is 0 Å². The molecular formula is C14H13Cl2N3O. The summed E-state index contributed by atoms with van der Waals surface area (Å²) in [6.07, 6.45) is 4.68. The lowest BCUT2D eigenvalue weighted by Crippen LogP contribution is -2.11. The van der Waals surface area contributed by atoms with Gasteiger partial charge < -0.3 is 0 Å². The van der Waals surface area contributed by atoms with Crippen molar-refractivity contribution in [3.63, 3.8) is 0 Å². The number of nitrogens with zero attached hydrogens (tertiary/aromatic N) is 3. The average Bonchev–Trinajstić information content (AvgIpc) is 2.88. The van der Waals surface area contributed by atoms with E-state index in [1.54, 1.807) is 18.2 Å². The fourth-order valence-electron chi connectivity index (χ4n) is 1.72. The first-order valence-corrected chi connectivity index (χ1v) is 6.81. The molecule has 0 unspecified atom stereocenters. The summed E-state index contributed by atoms with van der Waals surface area (Å²) < 4.78 is 1.44. The predicted molar refractivity (Wildman–Crippen MR) is 79.9 cm³/mol. The Kier molecular flexibility index (Phi) is 4.57. The van der Waals surface area contributed by atoms with Crippen molar-refractivity contribution < 1.29 is 4.79 Å². The van der Waals surface area contributed by atoms with Gasteiger partial charge in [-0.05, 0) is 24.1 Å². The van der Waals surface area contributed by atoms with Crippen molar-refractivity contribution in [1.29, 1.82) is 0 Å². The molecule has 0 bridgehead atoms. The van der Waals surface area contributed by atoms with E-state index in [0.717, 1.165) is 0 Å². The highest BCUT2D eigenvalue weighted by Crippen LogP contribution is 2.25. The molecule has 0 aliphatic rings. The summed E-state index contributed by atoms with van der Waals surface area (Å²) in [5, 5.41) is 4.82. The number of ketones is 1. The van der Waals surface area contributed by atoms with Gasteiger partial charge in [-0.2, -0.15) is 5.10 Å². The van der Waals surface area contributed by atoms with Crippen LogP contribution in [0.2, 0.25) is 10.0 Å². The third-order valence-corrected chi connectivity index (χ3v) is 3.11. The molecule has 0 fully saturated rings. The van der Waals surface area contributed by atoms with E-state index in [-0.39, 0.29) is 11.7 Å². The monoisotopic (exact) mass is 309 g/mol. The number of hydrogen-bond acceptors (Lipinski definition) is 3. The fraction of sp³-hybridized carbons (Fsp3) is 0.214. The third-order valence-electron chi connectivity index (χ3n) is 2.57. The summed E-state index contributed by atoms with van der Waals surface area (Å²) in [6, 6.07) is 4.79. The highest BCUT2D eigenvalue weighted by Gasteiger charge is 2.18. The zero-order valence-electron chi connectivity index (χ0n) is 11.0. The van der Waals surface area contributed by atoms with Gasteiger partial charge in [0.1, 0.15) is 18.4 Å². The van der Waals surface area contributed by atoms with Gasteiger partial charge in [-0.1, -0.05) is 43.1 Å². The standard InChI is InChI=1S/C14H13Cl2N3O/c1-9(2)5-13(19-8-17-7-18-19)14(20)11-4-3-10(15)6-12(11)16/h3-9H,1-2H3/b13-5+. The maximum Gasteiger partial charge on any atom is 0.212 e. The summed E-state index contributed by atoms with van der Waals surface area (Å²) >= 11 is 11.9. The molecule has 104 valence electrons. The Hall–Kier alpha value is -1.65. The molecule has 20 heavy (non-hydrogen) atoms. The number of allylic oxidation sites excluding steroid dienone is 2. The quantitative estimate of drug-likeness (QED) is 0.634. The van der Waals surface area contributed by atoms with E-state index >= 15 is 0 Å². The maximum absolute atomic E-state index is 12.6. The lowest BCUT2D eigenvalue weighted by molar-refractivity contribution is 0.104. The van der Waals surface area contributed by atoms with Gasteiger partial charge in [-0.15, -0.1) is 0 Å². The van der Waals surface area contributed by atoms with Gasteiger partial charge in [0.2, 0.25) is 5.78 Å². The Labute approximate surface area is 127 Å². The van der Waals surface area contributed by atoms with Crippen LogP contribution in [0.25, 0.3) is 5.70 Å². The molecule has 4 nitrogen and oxygen atoms in total. The normalized spacial score (nSPS) is 11.9. The predicted octanol–water partition coefficient (Wildman–Crippen LogP) is 3.96. The van der Waals surface area contributed by atoms with Crippen LogP contribution in [0.15, 0.2) is 36.9 Å². The summed E-state index contributed by atoms with van der Waals surface area (Å²) in [5.41, 5.74) is 0.806. The SMILES string of the molecule is CC(C)/C=C(\C(=O)c1ccc(Cl)cc1Cl)n1cncn1. The minimum absolute atomic E-state index is 0.184. The minimum Gasteiger partial charge on any atom is -0.287 e. The van der Waals surface area contributed by atoms with Gasteiger partial charge in [-0.25, -0.2) is 9.67 Å². The molecule has 6 heteroatoms. The van der Waals surface area contributed by atoms with Crippen LogP contribution in [0, 0.1) is 5.92 Å². The first-order chi connectivity index (χ1) is 9.49. The molecule has 0 radical (unpaired) electrons. The molecule has 0 aliphatic carbocycles. The molecule has 0 spiro atoms. The molecule has 1 heterocycles. The Bertz CT molecular complexity index is 648. The van der Waals surface area contributed by atoms with Crippen LogP contribution in [-0.4, -0.2) is 20.5 Å². The molecule has 0 amide bonds. The lowest BCUT2D eigenvalue weighted by Gasteiger charge is -2.09. The number of carbonyl (C=O) groups is 1. The van der Waals surface area contributed by atoms with Crippen LogP contribution in [0.5, 0.6) is 0 Å². The number of Topliss-reactive ketones (excluding diaryl/α,β-unsaturated/α-hetero) is 1. The zero-order chi connectivity index (χ0) is 14.7. The van der Waals surface area contributed by atoms with Crippen LogP contribution in [-0.2, 0) is 0 Å². The van der Waals surface area contributed by atoms with Crippen LogP contribution in [0.4, 0.5) is 0 Å². The molecular weight excluding hydrogens is 297 g/mol. The first-order valence-electron chi connectivity index (χ1n) is 6.05.